The van der Waals surface area contributed by atoms with E-state index in [0.717, 1.165) is 16.7 Å². The maximum Gasteiger partial charge on any atom is 0.191 e. The third kappa shape index (κ3) is 4.12. The third-order valence-electron chi connectivity index (χ3n) is 2.98. The minimum absolute atomic E-state index is 0.538. The Morgan fingerprint density at radius 2 is 2.10 bits per heavy atom. The van der Waals surface area contributed by atoms with Gasteiger partial charge in [-0.15, -0.1) is 11.3 Å². The Bertz CT molecular complexity index is 647. The fourth-order valence-electron chi connectivity index (χ4n) is 1.81. The molecule has 2 aromatic rings. The first-order valence-corrected chi connectivity index (χ1v) is 7.94. The highest BCUT2D eigenvalue weighted by Gasteiger charge is 2.09. The van der Waals surface area contributed by atoms with Crippen molar-refractivity contribution in [3.63, 3.8) is 0 Å². The van der Waals surface area contributed by atoms with E-state index in [0.29, 0.717) is 23.3 Å². The maximum absolute atomic E-state index is 6.04. The minimum atomic E-state index is 0.538. The van der Waals surface area contributed by atoms with Crippen molar-refractivity contribution in [1.82, 2.24) is 20.2 Å². The number of halogens is 2. The van der Waals surface area contributed by atoms with E-state index < -0.39 is 0 Å². The Morgan fingerprint density at radius 3 is 2.62 bits per heavy atom. The molecule has 0 aliphatic rings. The summed E-state index contributed by atoms with van der Waals surface area (Å²) in [6.07, 6.45) is 1.87. The quantitative estimate of drug-likeness (QED) is 0.661. The van der Waals surface area contributed by atoms with Gasteiger partial charge in [-0.3, -0.25) is 4.99 Å². The average molecular weight is 346 g/mol. The number of aryl methyl sites for hydroxylation is 1. The van der Waals surface area contributed by atoms with Gasteiger partial charge in [0, 0.05) is 30.9 Å². The lowest BCUT2D eigenvalue weighted by molar-refractivity contribution is 0.752. The predicted molar refractivity (Wildman–Crippen MR) is 89.3 cm³/mol. The summed E-state index contributed by atoms with van der Waals surface area (Å²) in [7, 11) is 3.61. The van der Waals surface area contributed by atoms with Crippen LogP contribution < -0.4 is 10.6 Å². The molecule has 2 rings (SSSR count). The van der Waals surface area contributed by atoms with Crippen LogP contribution in [0, 0.1) is 6.92 Å². The molecule has 0 bridgehead atoms. The number of aromatic nitrogens is 2. The first-order chi connectivity index (χ1) is 10.0. The summed E-state index contributed by atoms with van der Waals surface area (Å²) in [5.74, 6) is 0.717. The number of rotatable bonds is 4. The molecule has 0 aromatic carbocycles. The van der Waals surface area contributed by atoms with E-state index in [4.69, 9.17) is 23.2 Å². The lowest BCUT2D eigenvalue weighted by atomic mass is 10.4. The van der Waals surface area contributed by atoms with Crippen LogP contribution in [0.5, 0.6) is 0 Å². The molecule has 21 heavy (non-hydrogen) atoms. The number of nitrogens with one attached hydrogen (secondary N) is 2. The van der Waals surface area contributed by atoms with Crippen LogP contribution in [-0.2, 0) is 20.1 Å². The number of aliphatic imine (C=N–C) groups is 1. The van der Waals surface area contributed by atoms with Crippen molar-refractivity contribution in [2.24, 2.45) is 12.0 Å². The largest absolute Gasteiger partial charge is 0.351 e. The van der Waals surface area contributed by atoms with Crippen LogP contribution in [0.25, 0.3) is 0 Å². The van der Waals surface area contributed by atoms with Gasteiger partial charge >= 0.3 is 0 Å². The molecule has 0 aliphatic heterocycles. The number of hydrogen-bond acceptors (Lipinski definition) is 3. The highest BCUT2D eigenvalue weighted by molar-refractivity contribution is 7.11. The van der Waals surface area contributed by atoms with Crippen molar-refractivity contribution in [2.75, 3.05) is 7.05 Å². The molecule has 0 saturated carbocycles. The molecule has 0 radical (unpaired) electrons. The molecular formula is C13H17Cl2N5S. The number of nitrogens with zero attached hydrogens (tertiary/aromatic N) is 3. The van der Waals surface area contributed by atoms with Crippen molar-refractivity contribution < 1.29 is 0 Å². The van der Waals surface area contributed by atoms with Crippen LogP contribution in [0.2, 0.25) is 10.2 Å². The van der Waals surface area contributed by atoms with E-state index in [-0.39, 0.29) is 0 Å². The Kier molecular flexibility index (Phi) is 5.50. The Labute approximate surface area is 138 Å². The second-order valence-corrected chi connectivity index (χ2v) is 6.54. The van der Waals surface area contributed by atoms with E-state index in [1.807, 2.05) is 30.8 Å². The standard InChI is InChI=1S/C13H17Cl2N5S/c1-8-17-6-10(21-8)7-19-13(16-2)18-5-9-4-11(14)12(15)20(9)3/h4,6H,5,7H2,1-3H3,(H2,16,18,19). The Hall–Kier alpha value is -1.24. The second-order valence-electron chi connectivity index (χ2n) is 4.46. The fourth-order valence-corrected chi connectivity index (χ4v) is 2.96. The molecule has 2 N–H and O–H groups in total. The molecule has 0 aliphatic carbocycles. The highest BCUT2D eigenvalue weighted by atomic mass is 35.5. The molecule has 5 nitrogen and oxygen atoms in total. The van der Waals surface area contributed by atoms with Crippen LogP contribution in [-0.4, -0.2) is 22.6 Å². The smallest absolute Gasteiger partial charge is 0.191 e. The van der Waals surface area contributed by atoms with E-state index in [9.17, 15) is 0 Å². The number of guanidine groups is 1. The van der Waals surface area contributed by atoms with Crippen molar-refractivity contribution in [3.05, 3.63) is 38.0 Å². The van der Waals surface area contributed by atoms with Gasteiger partial charge in [0.25, 0.3) is 0 Å². The second kappa shape index (κ2) is 7.15. The molecule has 114 valence electrons. The third-order valence-corrected chi connectivity index (χ3v) is 4.73. The molecule has 0 saturated heterocycles. The summed E-state index contributed by atoms with van der Waals surface area (Å²) in [4.78, 5) is 9.58. The molecule has 0 spiro atoms. The van der Waals surface area contributed by atoms with Gasteiger partial charge in [-0.25, -0.2) is 4.98 Å². The first kappa shape index (κ1) is 16.1. The van der Waals surface area contributed by atoms with Crippen molar-refractivity contribution in [3.8, 4) is 0 Å². The van der Waals surface area contributed by atoms with Crippen LogP contribution in [0.15, 0.2) is 17.3 Å². The van der Waals surface area contributed by atoms with Gasteiger partial charge in [0.05, 0.1) is 23.1 Å². The summed E-state index contributed by atoms with van der Waals surface area (Å²) >= 11 is 13.7. The van der Waals surface area contributed by atoms with Crippen LogP contribution in [0.3, 0.4) is 0 Å². The van der Waals surface area contributed by atoms with Crippen LogP contribution in [0.4, 0.5) is 0 Å². The molecule has 2 aromatic heterocycles. The van der Waals surface area contributed by atoms with Gasteiger partial charge in [-0.2, -0.15) is 0 Å². The zero-order chi connectivity index (χ0) is 15.4. The van der Waals surface area contributed by atoms with Crippen LogP contribution >= 0.6 is 34.5 Å². The van der Waals surface area contributed by atoms with Gasteiger partial charge in [0.2, 0.25) is 0 Å². The lowest BCUT2D eigenvalue weighted by Gasteiger charge is -2.11. The van der Waals surface area contributed by atoms with Gasteiger partial charge in [-0.05, 0) is 13.0 Å². The normalized spacial score (nSPS) is 11.8. The fraction of sp³-hybridized carbons (Fsp3) is 0.385. The Morgan fingerprint density at radius 1 is 1.38 bits per heavy atom. The SMILES string of the molecule is CN=C(NCc1cnc(C)s1)NCc1cc(Cl)c(Cl)n1C. The summed E-state index contributed by atoms with van der Waals surface area (Å²) in [5, 5.41) is 8.62. The number of thiazole rings is 1. The molecule has 8 heteroatoms. The topological polar surface area (TPSA) is 54.2 Å². The maximum atomic E-state index is 6.04. The highest BCUT2D eigenvalue weighted by Crippen LogP contribution is 2.24. The summed E-state index contributed by atoms with van der Waals surface area (Å²) in [5.41, 5.74) is 0.988. The minimum Gasteiger partial charge on any atom is -0.351 e. The zero-order valence-electron chi connectivity index (χ0n) is 12.1. The molecule has 0 unspecified atom stereocenters. The zero-order valence-corrected chi connectivity index (χ0v) is 14.4. The van der Waals surface area contributed by atoms with Crippen LogP contribution in [0.1, 0.15) is 15.6 Å². The summed E-state index contributed by atoms with van der Waals surface area (Å²) < 4.78 is 1.84. The molecule has 2 heterocycles. The summed E-state index contributed by atoms with van der Waals surface area (Å²) in [6.45, 7) is 3.27. The van der Waals surface area contributed by atoms with Gasteiger partial charge < -0.3 is 15.2 Å². The van der Waals surface area contributed by atoms with Crippen molar-refractivity contribution in [2.45, 2.75) is 20.0 Å². The van der Waals surface area contributed by atoms with Crippen molar-refractivity contribution >= 4 is 40.5 Å². The first-order valence-electron chi connectivity index (χ1n) is 6.36. The Balaban J connectivity index is 1.89. The van der Waals surface area contributed by atoms with Crippen molar-refractivity contribution in [1.29, 1.82) is 0 Å². The monoisotopic (exact) mass is 345 g/mol. The average Bonchev–Trinajstić information content (AvgIpc) is 2.98. The van der Waals surface area contributed by atoms with E-state index in [1.54, 1.807) is 18.4 Å². The lowest BCUT2D eigenvalue weighted by Crippen LogP contribution is -2.36. The molecular weight excluding hydrogens is 329 g/mol. The molecule has 0 amide bonds. The van der Waals surface area contributed by atoms with Gasteiger partial charge in [0.15, 0.2) is 5.96 Å². The van der Waals surface area contributed by atoms with Gasteiger partial charge in [-0.1, -0.05) is 23.2 Å². The molecule has 0 atom stereocenters. The van der Waals surface area contributed by atoms with Gasteiger partial charge in [0.1, 0.15) is 5.15 Å². The summed E-state index contributed by atoms with van der Waals surface area (Å²) in [6, 6.07) is 1.84. The molecule has 0 fully saturated rings. The predicted octanol–water partition coefficient (Wildman–Crippen LogP) is 2.96. The number of hydrogen-bond donors (Lipinski definition) is 2. The van der Waals surface area contributed by atoms with E-state index >= 15 is 0 Å². The van der Waals surface area contributed by atoms with E-state index in [2.05, 4.69) is 20.6 Å². The van der Waals surface area contributed by atoms with E-state index in [1.165, 1.54) is 4.88 Å².